The van der Waals surface area contributed by atoms with Crippen molar-refractivity contribution >= 4 is 5.84 Å². The minimum absolute atomic E-state index is 0.0201. The monoisotopic (exact) mass is 155 g/mol. The van der Waals surface area contributed by atoms with E-state index in [1.165, 1.54) is 0 Å². The molecule has 3 heteroatoms. The molecule has 0 saturated carbocycles. The lowest BCUT2D eigenvalue weighted by Crippen LogP contribution is -2.32. The molecule has 3 nitrogen and oxygen atoms in total. The number of aliphatic imine (C=N–C) groups is 1. The Balaban J connectivity index is 3.87. The fourth-order valence-corrected chi connectivity index (χ4v) is 0.627. The van der Waals surface area contributed by atoms with E-state index < -0.39 is 0 Å². The third-order valence-electron chi connectivity index (χ3n) is 1.56. The molecule has 0 aromatic rings. The normalized spacial score (nSPS) is 14.4. The van der Waals surface area contributed by atoms with Crippen LogP contribution in [0.5, 0.6) is 0 Å². The van der Waals surface area contributed by atoms with Crippen molar-refractivity contribution in [3.63, 3.8) is 0 Å². The molecule has 0 fully saturated rings. The molecule has 0 aromatic carbocycles. The molecule has 0 radical (unpaired) electrons. The summed E-state index contributed by atoms with van der Waals surface area (Å²) in [6.45, 7) is 7.70. The van der Waals surface area contributed by atoms with Crippen molar-refractivity contribution in [2.24, 2.45) is 10.7 Å². The molecule has 64 valence electrons. The van der Waals surface area contributed by atoms with Gasteiger partial charge in [-0.3, -0.25) is 4.99 Å². The Bertz CT molecular complexity index is 161. The predicted octanol–water partition coefficient (Wildman–Crippen LogP) is 0.875. The Morgan fingerprint density at radius 1 is 1.73 bits per heavy atom. The number of nitrogens with zero attached hydrogens (tertiary/aromatic N) is 1. The molecule has 0 aliphatic heterocycles. The molecule has 0 aliphatic rings. The molecule has 0 aliphatic carbocycles. The summed E-state index contributed by atoms with van der Waals surface area (Å²) in [7, 11) is 1.73. The number of amidine groups is 1. The topological polar surface area (TPSA) is 50.4 Å². The van der Waals surface area contributed by atoms with E-state index in [1.54, 1.807) is 7.05 Å². The largest absolute Gasteiger partial charge is 0.347 e. The molecule has 3 N–H and O–H groups in total. The first-order valence-corrected chi connectivity index (χ1v) is 3.76. The second-order valence-electron chi connectivity index (χ2n) is 2.47. The van der Waals surface area contributed by atoms with E-state index in [9.17, 15) is 0 Å². The molecule has 1 atom stereocenters. The summed E-state index contributed by atoms with van der Waals surface area (Å²) >= 11 is 0. The summed E-state index contributed by atoms with van der Waals surface area (Å²) in [5.74, 6) is 0.846. The van der Waals surface area contributed by atoms with Gasteiger partial charge in [-0.1, -0.05) is 13.5 Å². The van der Waals surface area contributed by atoms with Crippen LogP contribution in [-0.4, -0.2) is 18.9 Å². The molecule has 0 bridgehead atoms. The zero-order chi connectivity index (χ0) is 8.85. The van der Waals surface area contributed by atoms with Gasteiger partial charge in [0.05, 0.1) is 5.84 Å². The van der Waals surface area contributed by atoms with E-state index in [4.69, 9.17) is 5.73 Å². The summed E-state index contributed by atoms with van der Waals surface area (Å²) in [6.07, 6.45) is 0.892. The Morgan fingerprint density at radius 2 is 2.27 bits per heavy atom. The summed E-state index contributed by atoms with van der Waals surface area (Å²) in [6, 6.07) is 0.0201. The maximum atomic E-state index is 5.70. The predicted molar refractivity (Wildman–Crippen MR) is 49.6 cm³/mol. The average Bonchev–Trinajstić information content (AvgIpc) is 2.02. The Morgan fingerprint density at radius 3 is 2.64 bits per heavy atom. The highest BCUT2D eigenvalue weighted by Gasteiger charge is 2.03. The van der Waals surface area contributed by atoms with Crippen LogP contribution < -0.4 is 11.1 Å². The van der Waals surface area contributed by atoms with E-state index in [2.05, 4.69) is 16.9 Å². The Labute approximate surface area is 68.4 Å². The second-order valence-corrected chi connectivity index (χ2v) is 2.47. The van der Waals surface area contributed by atoms with Crippen molar-refractivity contribution in [3.05, 3.63) is 12.3 Å². The van der Waals surface area contributed by atoms with Gasteiger partial charge in [0.25, 0.3) is 0 Å². The molecule has 0 saturated heterocycles. The molecule has 0 spiro atoms. The summed E-state index contributed by atoms with van der Waals surface area (Å²) in [5.41, 5.74) is 6.53. The van der Waals surface area contributed by atoms with Crippen LogP contribution in [-0.2, 0) is 0 Å². The highest BCUT2D eigenvalue weighted by Crippen LogP contribution is 1.95. The maximum absolute atomic E-state index is 5.70. The van der Waals surface area contributed by atoms with Crippen LogP contribution in [0.1, 0.15) is 20.3 Å². The first kappa shape index (κ1) is 10.2. The first-order valence-electron chi connectivity index (χ1n) is 3.76. The van der Waals surface area contributed by atoms with Crippen LogP contribution in [0.4, 0.5) is 0 Å². The molecule has 0 amide bonds. The smallest absolute Gasteiger partial charge is 0.0969 e. The van der Waals surface area contributed by atoms with Gasteiger partial charge in [0, 0.05) is 18.8 Å². The van der Waals surface area contributed by atoms with Crippen LogP contribution in [0.2, 0.25) is 0 Å². The van der Waals surface area contributed by atoms with Crippen molar-refractivity contribution in [1.82, 2.24) is 5.32 Å². The molecule has 0 aromatic heterocycles. The zero-order valence-electron chi connectivity index (χ0n) is 7.52. The van der Waals surface area contributed by atoms with E-state index in [1.807, 2.05) is 13.8 Å². The lowest BCUT2D eigenvalue weighted by molar-refractivity contribution is 0.711. The molecule has 11 heavy (non-hydrogen) atoms. The van der Waals surface area contributed by atoms with E-state index in [0.717, 1.165) is 18.0 Å². The number of hydrogen-bond acceptors (Lipinski definition) is 2. The molecule has 0 rings (SSSR count). The van der Waals surface area contributed by atoms with Crippen LogP contribution in [0.3, 0.4) is 0 Å². The Kier molecular flexibility index (Phi) is 4.54. The van der Waals surface area contributed by atoms with Gasteiger partial charge in [-0.05, 0) is 13.3 Å². The summed E-state index contributed by atoms with van der Waals surface area (Å²) in [4.78, 5) is 3.93. The van der Waals surface area contributed by atoms with Crippen molar-refractivity contribution in [3.8, 4) is 0 Å². The highest BCUT2D eigenvalue weighted by atomic mass is 15.0. The van der Waals surface area contributed by atoms with Gasteiger partial charge in [-0.2, -0.15) is 0 Å². The summed E-state index contributed by atoms with van der Waals surface area (Å²) < 4.78 is 0. The van der Waals surface area contributed by atoms with Gasteiger partial charge in [0.1, 0.15) is 0 Å². The molecule has 0 unspecified atom stereocenters. The standard InChI is InChI=1S/C8H17N3/c1-5-8(9)6(2)11-7(3)10-4/h8H,2,5,9H2,1,3-4H3,(H,10,11)/t8-/m1/s1. The average molecular weight is 155 g/mol. The molecule has 0 heterocycles. The second kappa shape index (κ2) is 4.91. The van der Waals surface area contributed by atoms with Crippen LogP contribution in [0, 0.1) is 0 Å². The number of nitrogens with one attached hydrogen (secondary N) is 1. The van der Waals surface area contributed by atoms with Gasteiger partial charge >= 0.3 is 0 Å². The third-order valence-corrected chi connectivity index (χ3v) is 1.56. The first-order chi connectivity index (χ1) is 5.11. The lowest BCUT2D eigenvalue weighted by Gasteiger charge is -2.13. The van der Waals surface area contributed by atoms with Crippen molar-refractivity contribution in [2.45, 2.75) is 26.3 Å². The van der Waals surface area contributed by atoms with Crippen LogP contribution >= 0.6 is 0 Å². The zero-order valence-corrected chi connectivity index (χ0v) is 7.52. The van der Waals surface area contributed by atoms with Gasteiger partial charge in [0.15, 0.2) is 0 Å². The fourth-order valence-electron chi connectivity index (χ4n) is 0.627. The van der Waals surface area contributed by atoms with Gasteiger partial charge in [-0.25, -0.2) is 0 Å². The van der Waals surface area contributed by atoms with Crippen molar-refractivity contribution in [1.29, 1.82) is 0 Å². The van der Waals surface area contributed by atoms with Gasteiger partial charge < -0.3 is 11.1 Å². The lowest BCUT2D eigenvalue weighted by atomic mass is 10.2. The minimum atomic E-state index is 0.0201. The van der Waals surface area contributed by atoms with Crippen LogP contribution in [0.25, 0.3) is 0 Å². The highest BCUT2D eigenvalue weighted by molar-refractivity contribution is 5.81. The summed E-state index contributed by atoms with van der Waals surface area (Å²) in [5, 5.41) is 3.01. The third kappa shape index (κ3) is 3.78. The van der Waals surface area contributed by atoms with E-state index in [0.29, 0.717) is 0 Å². The maximum Gasteiger partial charge on any atom is 0.0969 e. The SMILES string of the molecule is C=C(NC(C)=NC)[C@H](N)CC. The van der Waals surface area contributed by atoms with E-state index >= 15 is 0 Å². The minimum Gasteiger partial charge on any atom is -0.347 e. The van der Waals surface area contributed by atoms with Crippen molar-refractivity contribution < 1.29 is 0 Å². The number of hydrogen-bond donors (Lipinski definition) is 2. The van der Waals surface area contributed by atoms with Gasteiger partial charge in [-0.15, -0.1) is 0 Å². The molecular formula is C8H17N3. The number of nitrogens with two attached hydrogens (primary N) is 1. The Hall–Kier alpha value is -0.830. The van der Waals surface area contributed by atoms with E-state index in [-0.39, 0.29) is 6.04 Å². The van der Waals surface area contributed by atoms with Crippen LogP contribution in [0.15, 0.2) is 17.3 Å². The molecular weight excluding hydrogens is 138 g/mol. The quantitative estimate of drug-likeness (QED) is 0.469. The van der Waals surface area contributed by atoms with Crippen molar-refractivity contribution in [2.75, 3.05) is 7.05 Å². The number of rotatable bonds is 3. The fraction of sp³-hybridized carbons (Fsp3) is 0.625. The van der Waals surface area contributed by atoms with Gasteiger partial charge in [0.2, 0.25) is 0 Å².